The van der Waals surface area contributed by atoms with Gasteiger partial charge in [-0.2, -0.15) is 0 Å². The van der Waals surface area contributed by atoms with Crippen LogP contribution in [0.4, 0.5) is 0 Å². The first-order chi connectivity index (χ1) is 13.1. The minimum Gasteiger partial charge on any atom is -0.491 e. The number of fused-ring (bicyclic) bond motifs is 1. The van der Waals surface area contributed by atoms with Crippen LogP contribution in [0.25, 0.3) is 0 Å². The van der Waals surface area contributed by atoms with E-state index in [2.05, 4.69) is 11.2 Å². The zero-order chi connectivity index (χ0) is 19.1. The number of carboxylic acid groups (broad SMARTS) is 1. The highest BCUT2D eigenvalue weighted by Crippen LogP contribution is 2.43. The molecule has 0 aromatic heterocycles. The fourth-order valence-corrected chi connectivity index (χ4v) is 3.54. The third kappa shape index (κ3) is 5.69. The van der Waals surface area contributed by atoms with Gasteiger partial charge in [0.1, 0.15) is 25.1 Å². The molecule has 0 heterocycles. The van der Waals surface area contributed by atoms with Crippen LogP contribution in [0.2, 0.25) is 0 Å². The number of aliphatic hydroxyl groups is 1. The Morgan fingerprint density at radius 2 is 2.11 bits per heavy atom. The summed E-state index contributed by atoms with van der Waals surface area (Å²) in [5, 5.41) is 22.8. The summed E-state index contributed by atoms with van der Waals surface area (Å²) in [6.07, 6.45) is 7.97. The molecule has 144 valence electrons. The third-order valence-corrected chi connectivity index (χ3v) is 4.88. The number of benzene rings is 1. The summed E-state index contributed by atoms with van der Waals surface area (Å²) in [5.74, 6) is 0.766. The van der Waals surface area contributed by atoms with Gasteiger partial charge >= 0.3 is 5.97 Å². The molecule has 0 amide bonds. The van der Waals surface area contributed by atoms with Crippen LogP contribution in [-0.2, 0) is 9.63 Å². The van der Waals surface area contributed by atoms with E-state index in [1.165, 1.54) is 5.57 Å². The number of aliphatic hydroxyl groups excluding tert-OH is 1. The van der Waals surface area contributed by atoms with Crippen LogP contribution in [0.1, 0.15) is 25.7 Å². The second-order valence-electron chi connectivity index (χ2n) is 6.90. The normalized spacial score (nSPS) is 24.0. The molecule has 0 spiro atoms. The Morgan fingerprint density at radius 1 is 1.30 bits per heavy atom. The van der Waals surface area contributed by atoms with Crippen molar-refractivity contribution in [2.24, 2.45) is 17.0 Å². The van der Waals surface area contributed by atoms with Crippen LogP contribution in [0.15, 0.2) is 59.3 Å². The summed E-state index contributed by atoms with van der Waals surface area (Å²) in [6, 6.07) is 9.43. The summed E-state index contributed by atoms with van der Waals surface area (Å²) in [4.78, 5) is 15.6. The molecule has 6 nitrogen and oxygen atoms in total. The van der Waals surface area contributed by atoms with Gasteiger partial charge in [0.25, 0.3) is 0 Å². The van der Waals surface area contributed by atoms with Crippen molar-refractivity contribution in [3.8, 4) is 5.75 Å². The maximum absolute atomic E-state index is 10.5. The number of oxime groups is 1. The molecule has 0 aliphatic heterocycles. The maximum atomic E-state index is 10.5. The molecule has 3 atom stereocenters. The number of carbonyl (C=O) groups is 1. The van der Waals surface area contributed by atoms with Crippen molar-refractivity contribution in [1.29, 1.82) is 0 Å². The first-order valence-electron chi connectivity index (χ1n) is 9.25. The second-order valence-corrected chi connectivity index (χ2v) is 6.90. The zero-order valence-electron chi connectivity index (χ0n) is 15.2. The van der Waals surface area contributed by atoms with Gasteiger partial charge in [-0.05, 0) is 48.8 Å². The van der Waals surface area contributed by atoms with Crippen LogP contribution in [0.5, 0.6) is 5.75 Å². The molecule has 1 unspecified atom stereocenters. The van der Waals surface area contributed by atoms with Crippen molar-refractivity contribution in [2.75, 3.05) is 13.2 Å². The van der Waals surface area contributed by atoms with Crippen LogP contribution < -0.4 is 4.74 Å². The molecule has 2 aliphatic rings. The van der Waals surface area contributed by atoms with E-state index < -0.39 is 12.1 Å². The lowest BCUT2D eigenvalue weighted by Crippen LogP contribution is -2.14. The minimum atomic E-state index is -0.886. The van der Waals surface area contributed by atoms with E-state index in [0.717, 1.165) is 30.7 Å². The zero-order valence-corrected chi connectivity index (χ0v) is 15.2. The standard InChI is InChI=1S/C21H25NO5/c23-18(14-26-19-4-2-1-3-5-19)9-8-15-6-7-16-12-17(13-20(15)16)22-27-11-10-21(24)25/h1-6,8-9,16,18,20,23H,7,10-14H2,(H,24,25)/b9-8?,22-17-/t16-,18?,20+/m1/s1. The third-order valence-electron chi connectivity index (χ3n) is 4.88. The van der Waals surface area contributed by atoms with E-state index in [1.807, 2.05) is 36.4 Å². The van der Waals surface area contributed by atoms with Gasteiger partial charge in [-0.1, -0.05) is 41.6 Å². The van der Waals surface area contributed by atoms with Crippen molar-refractivity contribution in [2.45, 2.75) is 31.8 Å². The van der Waals surface area contributed by atoms with Crippen LogP contribution >= 0.6 is 0 Å². The average Bonchev–Trinajstić information content (AvgIpc) is 3.23. The fourth-order valence-electron chi connectivity index (χ4n) is 3.54. The van der Waals surface area contributed by atoms with E-state index >= 15 is 0 Å². The fraction of sp³-hybridized carbons (Fsp3) is 0.429. The predicted molar refractivity (Wildman–Crippen MR) is 102 cm³/mol. The Hall–Kier alpha value is -2.60. The summed E-state index contributed by atoms with van der Waals surface area (Å²) < 4.78 is 5.56. The average molecular weight is 371 g/mol. The summed E-state index contributed by atoms with van der Waals surface area (Å²) >= 11 is 0. The molecular weight excluding hydrogens is 346 g/mol. The number of aliphatic carboxylic acids is 1. The molecule has 1 aromatic carbocycles. The lowest BCUT2D eigenvalue weighted by atomic mass is 9.94. The number of ether oxygens (including phenoxy) is 1. The molecular formula is C21H25NO5. The monoisotopic (exact) mass is 371 g/mol. The lowest BCUT2D eigenvalue weighted by molar-refractivity contribution is -0.138. The quantitative estimate of drug-likeness (QED) is 0.514. The molecule has 2 N–H and O–H groups in total. The van der Waals surface area contributed by atoms with Crippen molar-refractivity contribution in [3.63, 3.8) is 0 Å². The Bertz CT molecular complexity index is 725. The highest BCUT2D eigenvalue weighted by atomic mass is 16.6. The van der Waals surface area contributed by atoms with Gasteiger partial charge in [-0.15, -0.1) is 0 Å². The smallest absolute Gasteiger partial charge is 0.306 e. The highest BCUT2D eigenvalue weighted by molar-refractivity contribution is 5.87. The van der Waals surface area contributed by atoms with Crippen molar-refractivity contribution in [1.82, 2.24) is 0 Å². The van der Waals surface area contributed by atoms with E-state index in [-0.39, 0.29) is 19.6 Å². The summed E-state index contributed by atoms with van der Waals surface area (Å²) in [7, 11) is 0. The Balaban J connectivity index is 1.45. The first kappa shape index (κ1) is 19.2. The second kappa shape index (κ2) is 9.37. The molecule has 0 bridgehead atoms. The van der Waals surface area contributed by atoms with E-state index in [4.69, 9.17) is 14.7 Å². The van der Waals surface area contributed by atoms with Crippen molar-refractivity contribution >= 4 is 11.7 Å². The summed E-state index contributed by atoms with van der Waals surface area (Å²) in [5.41, 5.74) is 2.21. The van der Waals surface area contributed by atoms with Gasteiger partial charge in [0.2, 0.25) is 0 Å². The largest absolute Gasteiger partial charge is 0.491 e. The van der Waals surface area contributed by atoms with E-state index in [9.17, 15) is 9.90 Å². The molecule has 1 saturated carbocycles. The van der Waals surface area contributed by atoms with Gasteiger partial charge in [0.05, 0.1) is 12.1 Å². The number of carboxylic acids is 1. The van der Waals surface area contributed by atoms with Crippen LogP contribution in [-0.4, -0.2) is 41.2 Å². The Morgan fingerprint density at radius 3 is 2.89 bits per heavy atom. The van der Waals surface area contributed by atoms with E-state index in [1.54, 1.807) is 6.08 Å². The van der Waals surface area contributed by atoms with Gasteiger partial charge in [-0.3, -0.25) is 4.79 Å². The molecule has 1 fully saturated rings. The van der Waals surface area contributed by atoms with Crippen LogP contribution in [0.3, 0.4) is 0 Å². The highest BCUT2D eigenvalue weighted by Gasteiger charge is 2.36. The van der Waals surface area contributed by atoms with Crippen molar-refractivity contribution in [3.05, 3.63) is 54.1 Å². The number of hydrogen-bond acceptors (Lipinski definition) is 5. The minimum absolute atomic E-state index is 0.0412. The number of hydrogen-bond donors (Lipinski definition) is 2. The molecule has 0 radical (unpaired) electrons. The SMILES string of the molecule is O=C(O)CCO/N=C1/C[C@H]2CC=C(C=CC(O)COc3ccccc3)[C@@H]2C1. The topological polar surface area (TPSA) is 88.4 Å². The molecule has 0 saturated heterocycles. The van der Waals surface area contributed by atoms with Gasteiger partial charge < -0.3 is 19.8 Å². The molecule has 1 aromatic rings. The van der Waals surface area contributed by atoms with E-state index in [0.29, 0.717) is 11.8 Å². The molecule has 6 heteroatoms. The van der Waals surface area contributed by atoms with Gasteiger partial charge in [0.15, 0.2) is 0 Å². The lowest BCUT2D eigenvalue weighted by Gasteiger charge is -2.12. The molecule has 2 aliphatic carbocycles. The predicted octanol–water partition coefficient (Wildman–Crippen LogP) is 3.19. The van der Waals surface area contributed by atoms with Crippen molar-refractivity contribution < 1.29 is 24.6 Å². The number of para-hydroxylation sites is 1. The maximum Gasteiger partial charge on any atom is 0.306 e. The number of rotatable bonds is 9. The first-order valence-corrected chi connectivity index (χ1v) is 9.25. The Kier molecular flexibility index (Phi) is 6.65. The van der Waals surface area contributed by atoms with Gasteiger partial charge in [0, 0.05) is 0 Å². The molecule has 3 rings (SSSR count). The van der Waals surface area contributed by atoms with Crippen LogP contribution in [0, 0.1) is 11.8 Å². The molecule has 27 heavy (non-hydrogen) atoms. The summed E-state index contributed by atoms with van der Waals surface area (Å²) in [6.45, 7) is 0.316. The number of nitrogens with zero attached hydrogens (tertiary/aromatic N) is 1. The van der Waals surface area contributed by atoms with Gasteiger partial charge in [-0.25, -0.2) is 0 Å². The number of allylic oxidation sites excluding steroid dienone is 3. The Labute approximate surface area is 158 Å².